The van der Waals surface area contributed by atoms with Crippen molar-refractivity contribution in [1.29, 1.82) is 0 Å². The van der Waals surface area contributed by atoms with E-state index in [4.69, 9.17) is 4.42 Å². The van der Waals surface area contributed by atoms with Gasteiger partial charge >= 0.3 is 0 Å². The lowest BCUT2D eigenvalue weighted by atomic mass is 9.69. The summed E-state index contributed by atoms with van der Waals surface area (Å²) >= 11 is 0. The van der Waals surface area contributed by atoms with E-state index >= 15 is 0 Å². The van der Waals surface area contributed by atoms with Crippen LogP contribution in [0.3, 0.4) is 0 Å². The van der Waals surface area contributed by atoms with Crippen molar-refractivity contribution in [3.63, 3.8) is 0 Å². The third-order valence-corrected chi connectivity index (χ3v) is 8.84. The highest BCUT2D eigenvalue weighted by Gasteiger charge is 2.34. The third kappa shape index (κ3) is 5.78. The number of aromatic amines is 1. The molecule has 204 valence electrons. The topological polar surface area (TPSA) is 74.1 Å². The molecule has 1 aliphatic heterocycles. The first-order valence-corrected chi connectivity index (χ1v) is 14.5. The molecular formula is C32H40N6O. The van der Waals surface area contributed by atoms with Gasteiger partial charge in [-0.1, -0.05) is 49.8 Å². The van der Waals surface area contributed by atoms with E-state index in [0.717, 1.165) is 56.4 Å². The van der Waals surface area contributed by atoms with Crippen LogP contribution in [0.4, 0.5) is 5.82 Å². The van der Waals surface area contributed by atoms with Crippen molar-refractivity contribution in [2.45, 2.75) is 40.0 Å². The molecule has 6 rings (SSSR count). The predicted molar refractivity (Wildman–Crippen MR) is 156 cm³/mol. The first-order chi connectivity index (χ1) is 19.0. The molecule has 1 N–H and O–H groups in total. The van der Waals surface area contributed by atoms with Gasteiger partial charge in [0.15, 0.2) is 0 Å². The first-order valence-electron chi connectivity index (χ1n) is 14.5. The SMILES string of the molecule is CC1=CC(CN2CCN(c3ccccn3)CC2)C(C(C)C)CC1Cc1nnc(Cc2c[nH]c3ccccc23)o1. The summed E-state index contributed by atoms with van der Waals surface area (Å²) in [7, 11) is 0. The van der Waals surface area contributed by atoms with E-state index in [1.165, 1.54) is 22.9 Å². The lowest BCUT2D eigenvalue weighted by Gasteiger charge is -2.41. The number of H-pyrrole nitrogens is 1. The Labute approximate surface area is 231 Å². The first kappa shape index (κ1) is 25.8. The lowest BCUT2D eigenvalue weighted by molar-refractivity contribution is 0.154. The summed E-state index contributed by atoms with van der Waals surface area (Å²) in [5, 5.41) is 10.1. The molecule has 1 aromatic carbocycles. The number of rotatable bonds is 8. The van der Waals surface area contributed by atoms with E-state index < -0.39 is 0 Å². The van der Waals surface area contributed by atoms with Gasteiger partial charge in [-0.2, -0.15) is 0 Å². The number of nitrogens with one attached hydrogen (secondary N) is 1. The van der Waals surface area contributed by atoms with Crippen molar-refractivity contribution in [3.8, 4) is 0 Å². The Balaban J connectivity index is 1.08. The monoisotopic (exact) mass is 524 g/mol. The van der Waals surface area contributed by atoms with Crippen molar-refractivity contribution >= 4 is 16.7 Å². The smallest absolute Gasteiger partial charge is 0.221 e. The number of allylic oxidation sites excluding steroid dienone is 1. The normalized spacial score (nSPS) is 22.5. The number of aromatic nitrogens is 4. The van der Waals surface area contributed by atoms with Gasteiger partial charge in [0.2, 0.25) is 11.8 Å². The second kappa shape index (κ2) is 11.3. The molecule has 3 aromatic heterocycles. The van der Waals surface area contributed by atoms with E-state index in [9.17, 15) is 0 Å². The molecule has 0 saturated carbocycles. The average molecular weight is 525 g/mol. The molecule has 0 radical (unpaired) electrons. The Morgan fingerprint density at radius 3 is 2.59 bits per heavy atom. The number of pyridine rings is 1. The van der Waals surface area contributed by atoms with E-state index in [1.54, 1.807) is 0 Å². The Bertz CT molecular complexity index is 1400. The molecular weight excluding hydrogens is 484 g/mol. The van der Waals surface area contributed by atoms with Crippen LogP contribution in [0.15, 0.2) is 70.9 Å². The van der Waals surface area contributed by atoms with Crippen LogP contribution in [0.1, 0.15) is 44.5 Å². The van der Waals surface area contributed by atoms with Gasteiger partial charge in [0, 0.05) is 62.4 Å². The fraction of sp³-hybridized carbons (Fsp3) is 0.469. The van der Waals surface area contributed by atoms with E-state index in [2.05, 4.69) is 87.1 Å². The second-order valence-electron chi connectivity index (χ2n) is 11.7. The summed E-state index contributed by atoms with van der Waals surface area (Å²) in [5.74, 6) is 4.88. The summed E-state index contributed by atoms with van der Waals surface area (Å²) in [6, 6.07) is 14.5. The van der Waals surface area contributed by atoms with Gasteiger partial charge in [-0.3, -0.25) is 4.90 Å². The van der Waals surface area contributed by atoms with Crippen LogP contribution in [0.25, 0.3) is 10.9 Å². The lowest BCUT2D eigenvalue weighted by Crippen LogP contribution is -2.49. The quantitative estimate of drug-likeness (QED) is 0.296. The summed E-state index contributed by atoms with van der Waals surface area (Å²) in [4.78, 5) is 12.9. The molecule has 0 amide bonds. The maximum absolute atomic E-state index is 6.17. The number of para-hydroxylation sites is 1. The predicted octanol–water partition coefficient (Wildman–Crippen LogP) is 5.76. The molecule has 0 spiro atoms. The maximum atomic E-state index is 6.17. The second-order valence-corrected chi connectivity index (χ2v) is 11.7. The van der Waals surface area contributed by atoms with Gasteiger partial charge in [-0.15, -0.1) is 10.2 Å². The minimum atomic E-state index is 0.455. The zero-order valence-corrected chi connectivity index (χ0v) is 23.4. The van der Waals surface area contributed by atoms with Crippen LogP contribution >= 0.6 is 0 Å². The number of hydrogen-bond acceptors (Lipinski definition) is 6. The number of fused-ring (bicyclic) bond motifs is 1. The van der Waals surface area contributed by atoms with Crippen molar-refractivity contribution in [2.75, 3.05) is 37.6 Å². The van der Waals surface area contributed by atoms with Gasteiger partial charge < -0.3 is 14.3 Å². The number of benzene rings is 1. The minimum absolute atomic E-state index is 0.455. The average Bonchev–Trinajstić information content (AvgIpc) is 3.58. The molecule has 3 atom stereocenters. The van der Waals surface area contributed by atoms with Gasteiger partial charge in [0.25, 0.3) is 0 Å². The van der Waals surface area contributed by atoms with Crippen LogP contribution in [-0.4, -0.2) is 57.8 Å². The fourth-order valence-corrected chi connectivity index (χ4v) is 6.58. The number of anilines is 1. The van der Waals surface area contributed by atoms with Crippen molar-refractivity contribution < 1.29 is 4.42 Å². The van der Waals surface area contributed by atoms with E-state index in [-0.39, 0.29) is 0 Å². The van der Waals surface area contributed by atoms with Crippen molar-refractivity contribution in [3.05, 3.63) is 83.9 Å². The zero-order valence-electron chi connectivity index (χ0n) is 23.4. The minimum Gasteiger partial charge on any atom is -0.425 e. The third-order valence-electron chi connectivity index (χ3n) is 8.84. The van der Waals surface area contributed by atoms with Crippen LogP contribution in [0, 0.1) is 23.7 Å². The maximum Gasteiger partial charge on any atom is 0.221 e. The summed E-state index contributed by atoms with van der Waals surface area (Å²) < 4.78 is 6.17. The highest BCUT2D eigenvalue weighted by Crippen LogP contribution is 2.39. The van der Waals surface area contributed by atoms with Crippen molar-refractivity contribution in [2.24, 2.45) is 23.7 Å². The molecule has 3 unspecified atom stereocenters. The molecule has 4 aromatic rings. The summed E-state index contributed by atoms with van der Waals surface area (Å²) in [6.07, 6.45) is 9.16. The summed E-state index contributed by atoms with van der Waals surface area (Å²) in [5.41, 5.74) is 3.80. The summed E-state index contributed by atoms with van der Waals surface area (Å²) in [6.45, 7) is 12.5. The van der Waals surface area contributed by atoms with Gasteiger partial charge in [0.1, 0.15) is 5.82 Å². The molecule has 0 bridgehead atoms. The van der Waals surface area contributed by atoms with Gasteiger partial charge in [-0.25, -0.2) is 4.98 Å². The molecule has 1 aliphatic carbocycles. The Morgan fingerprint density at radius 1 is 1.00 bits per heavy atom. The standard InChI is InChI=1S/C32H40N6O/c1-22(2)28-17-24(18-31-35-36-32(39-31)19-25-20-34-29-9-5-4-8-27(25)29)23(3)16-26(28)21-37-12-14-38(15-13-37)30-10-6-7-11-33-30/h4-11,16,20,22,24,26,28,34H,12-15,17-19,21H2,1-3H3. The van der Waals surface area contributed by atoms with Crippen LogP contribution in [-0.2, 0) is 12.8 Å². The number of hydrogen-bond donors (Lipinski definition) is 1. The zero-order chi connectivity index (χ0) is 26.8. The van der Waals surface area contributed by atoms with Crippen LogP contribution in [0.5, 0.6) is 0 Å². The molecule has 7 heteroatoms. The van der Waals surface area contributed by atoms with Gasteiger partial charge in [0.05, 0.1) is 6.42 Å². The van der Waals surface area contributed by atoms with Crippen LogP contribution in [0.2, 0.25) is 0 Å². The van der Waals surface area contributed by atoms with Crippen LogP contribution < -0.4 is 4.90 Å². The molecule has 4 heterocycles. The largest absolute Gasteiger partial charge is 0.425 e. The Morgan fingerprint density at radius 2 is 1.79 bits per heavy atom. The number of nitrogens with zero attached hydrogens (tertiary/aromatic N) is 5. The highest BCUT2D eigenvalue weighted by molar-refractivity contribution is 5.83. The Hall–Kier alpha value is -3.45. The molecule has 2 aliphatic rings. The number of piperazine rings is 1. The molecule has 7 nitrogen and oxygen atoms in total. The van der Waals surface area contributed by atoms with E-state index in [1.807, 2.05) is 24.5 Å². The Kier molecular flexibility index (Phi) is 7.51. The molecule has 1 fully saturated rings. The van der Waals surface area contributed by atoms with E-state index in [0.29, 0.717) is 36.0 Å². The highest BCUT2D eigenvalue weighted by atomic mass is 16.4. The molecule has 1 saturated heterocycles. The fourth-order valence-electron chi connectivity index (χ4n) is 6.58. The molecule has 39 heavy (non-hydrogen) atoms. The van der Waals surface area contributed by atoms with Gasteiger partial charge in [-0.05, 0) is 60.8 Å². The van der Waals surface area contributed by atoms with Crippen molar-refractivity contribution in [1.82, 2.24) is 25.1 Å².